The SMILES string of the molecule is O=C1N[C@@]2(CCCc3ccccc32)C(=O)N1Cc1nnc(-c2ccc(F)cc2)o1. The monoisotopic (exact) mass is 392 g/mol. The lowest BCUT2D eigenvalue weighted by atomic mass is 9.76. The Bertz CT molecular complexity index is 1110. The van der Waals surface area contributed by atoms with E-state index < -0.39 is 11.6 Å². The molecule has 0 radical (unpaired) electrons. The summed E-state index contributed by atoms with van der Waals surface area (Å²) in [4.78, 5) is 27.0. The highest BCUT2D eigenvalue weighted by Crippen LogP contribution is 2.40. The molecule has 0 unspecified atom stereocenters. The minimum atomic E-state index is -1.04. The third-order valence-electron chi connectivity index (χ3n) is 5.50. The lowest BCUT2D eigenvalue weighted by Crippen LogP contribution is -2.46. The Morgan fingerprint density at radius 1 is 1.10 bits per heavy atom. The molecule has 1 fully saturated rings. The van der Waals surface area contributed by atoms with Crippen LogP contribution in [0.25, 0.3) is 11.5 Å². The van der Waals surface area contributed by atoms with Crippen LogP contribution in [0.5, 0.6) is 0 Å². The fourth-order valence-electron chi connectivity index (χ4n) is 4.12. The Morgan fingerprint density at radius 2 is 1.90 bits per heavy atom. The summed E-state index contributed by atoms with van der Waals surface area (Å²) in [7, 11) is 0. The Hall–Kier alpha value is -3.55. The highest BCUT2D eigenvalue weighted by atomic mass is 19.1. The first-order chi connectivity index (χ1) is 14.1. The zero-order valence-corrected chi connectivity index (χ0v) is 15.4. The molecule has 2 aliphatic rings. The summed E-state index contributed by atoms with van der Waals surface area (Å²) in [5.41, 5.74) is 1.45. The van der Waals surface area contributed by atoms with Gasteiger partial charge in [0.25, 0.3) is 5.91 Å². The summed E-state index contributed by atoms with van der Waals surface area (Å²) in [6.07, 6.45) is 2.24. The third-order valence-corrected chi connectivity index (χ3v) is 5.50. The number of benzene rings is 2. The van der Waals surface area contributed by atoms with Crippen LogP contribution in [0.4, 0.5) is 9.18 Å². The van der Waals surface area contributed by atoms with Crippen molar-refractivity contribution in [3.63, 3.8) is 0 Å². The van der Waals surface area contributed by atoms with Crippen molar-refractivity contribution in [2.75, 3.05) is 0 Å². The fraction of sp³-hybridized carbons (Fsp3) is 0.238. The molecule has 1 aromatic heterocycles. The van der Waals surface area contributed by atoms with Crippen LogP contribution in [0.3, 0.4) is 0 Å². The molecular formula is C21H17FN4O3. The lowest BCUT2D eigenvalue weighted by molar-refractivity contribution is -0.132. The number of carbonyl (C=O) groups excluding carboxylic acids is 2. The molecule has 7 nitrogen and oxygen atoms in total. The highest BCUT2D eigenvalue weighted by molar-refractivity contribution is 6.07. The van der Waals surface area contributed by atoms with Gasteiger partial charge < -0.3 is 9.73 Å². The summed E-state index contributed by atoms with van der Waals surface area (Å²) in [6, 6.07) is 12.9. The van der Waals surface area contributed by atoms with Crippen molar-refractivity contribution >= 4 is 11.9 Å². The quantitative estimate of drug-likeness (QED) is 0.692. The van der Waals surface area contributed by atoms with E-state index in [0.717, 1.165) is 28.9 Å². The van der Waals surface area contributed by atoms with Crippen molar-refractivity contribution in [1.82, 2.24) is 20.4 Å². The van der Waals surface area contributed by atoms with Crippen LogP contribution in [0.1, 0.15) is 29.9 Å². The minimum Gasteiger partial charge on any atom is -0.419 e. The van der Waals surface area contributed by atoms with Gasteiger partial charge in [-0.1, -0.05) is 24.3 Å². The molecule has 1 spiro atoms. The fourth-order valence-corrected chi connectivity index (χ4v) is 4.12. The van der Waals surface area contributed by atoms with E-state index in [4.69, 9.17) is 4.42 Å². The number of amides is 3. The first kappa shape index (κ1) is 17.5. The Labute approximate surface area is 165 Å². The first-order valence-corrected chi connectivity index (χ1v) is 9.38. The first-order valence-electron chi connectivity index (χ1n) is 9.38. The molecule has 1 saturated heterocycles. The van der Waals surface area contributed by atoms with E-state index in [0.29, 0.717) is 12.0 Å². The molecular weight excluding hydrogens is 375 g/mol. The van der Waals surface area contributed by atoms with Gasteiger partial charge in [-0.15, -0.1) is 10.2 Å². The number of carbonyl (C=O) groups is 2. The minimum absolute atomic E-state index is 0.122. The van der Waals surface area contributed by atoms with Gasteiger partial charge >= 0.3 is 6.03 Å². The van der Waals surface area contributed by atoms with Gasteiger partial charge in [0.15, 0.2) is 0 Å². The Balaban J connectivity index is 1.42. The third kappa shape index (κ3) is 2.79. The number of rotatable bonds is 3. The van der Waals surface area contributed by atoms with Crippen molar-refractivity contribution in [3.8, 4) is 11.5 Å². The zero-order valence-electron chi connectivity index (χ0n) is 15.4. The molecule has 1 N–H and O–H groups in total. The Morgan fingerprint density at radius 3 is 2.72 bits per heavy atom. The van der Waals surface area contributed by atoms with E-state index in [-0.39, 0.29) is 30.1 Å². The molecule has 2 aromatic carbocycles. The predicted octanol–water partition coefficient (Wildman–Crippen LogP) is 3.16. The maximum atomic E-state index is 13.3. The molecule has 29 heavy (non-hydrogen) atoms. The van der Waals surface area contributed by atoms with Gasteiger partial charge in [-0.25, -0.2) is 9.18 Å². The van der Waals surface area contributed by atoms with E-state index >= 15 is 0 Å². The summed E-state index contributed by atoms with van der Waals surface area (Å²) in [5, 5.41) is 10.8. The Kier molecular flexibility index (Phi) is 3.94. The van der Waals surface area contributed by atoms with Gasteiger partial charge in [0.2, 0.25) is 11.8 Å². The van der Waals surface area contributed by atoms with Crippen molar-refractivity contribution < 1.29 is 18.4 Å². The van der Waals surface area contributed by atoms with Crippen LogP contribution in [0.2, 0.25) is 0 Å². The maximum Gasteiger partial charge on any atom is 0.325 e. The van der Waals surface area contributed by atoms with Crippen LogP contribution in [0, 0.1) is 5.82 Å². The molecule has 3 aromatic rings. The molecule has 1 aliphatic carbocycles. The number of hydrogen-bond donors (Lipinski definition) is 1. The van der Waals surface area contributed by atoms with E-state index in [1.54, 1.807) is 0 Å². The van der Waals surface area contributed by atoms with Crippen molar-refractivity contribution in [3.05, 3.63) is 71.4 Å². The molecule has 0 saturated carbocycles. The second kappa shape index (κ2) is 6.51. The van der Waals surface area contributed by atoms with Gasteiger partial charge in [-0.05, 0) is 54.7 Å². The predicted molar refractivity (Wildman–Crippen MR) is 99.8 cm³/mol. The van der Waals surface area contributed by atoms with Gasteiger partial charge in [0.1, 0.15) is 17.9 Å². The van der Waals surface area contributed by atoms with Crippen molar-refractivity contribution in [2.45, 2.75) is 31.3 Å². The molecule has 0 bridgehead atoms. The summed E-state index contributed by atoms with van der Waals surface area (Å²) < 4.78 is 18.7. The van der Waals surface area contributed by atoms with E-state index in [2.05, 4.69) is 15.5 Å². The van der Waals surface area contributed by atoms with Crippen LogP contribution in [-0.2, 0) is 23.3 Å². The average Bonchev–Trinajstić information content (AvgIpc) is 3.29. The van der Waals surface area contributed by atoms with Gasteiger partial charge in [-0.3, -0.25) is 9.69 Å². The zero-order chi connectivity index (χ0) is 20.0. The molecule has 5 rings (SSSR count). The molecule has 146 valence electrons. The second-order valence-corrected chi connectivity index (χ2v) is 7.25. The number of hydrogen-bond acceptors (Lipinski definition) is 5. The largest absolute Gasteiger partial charge is 0.419 e. The average molecular weight is 392 g/mol. The van der Waals surface area contributed by atoms with Crippen molar-refractivity contribution in [2.24, 2.45) is 0 Å². The number of halogens is 1. The summed E-state index contributed by atoms with van der Waals surface area (Å²) >= 11 is 0. The van der Waals surface area contributed by atoms with E-state index in [9.17, 15) is 14.0 Å². The topological polar surface area (TPSA) is 88.3 Å². The van der Waals surface area contributed by atoms with E-state index in [1.807, 2.05) is 24.3 Å². The number of aryl methyl sites for hydroxylation is 1. The van der Waals surface area contributed by atoms with Gasteiger partial charge in [-0.2, -0.15) is 0 Å². The van der Waals surface area contributed by atoms with E-state index in [1.165, 1.54) is 24.3 Å². The van der Waals surface area contributed by atoms with Crippen LogP contribution in [0.15, 0.2) is 52.9 Å². The van der Waals surface area contributed by atoms with Gasteiger partial charge in [0, 0.05) is 5.56 Å². The number of nitrogens with zero attached hydrogens (tertiary/aromatic N) is 3. The number of urea groups is 1. The number of fused-ring (bicyclic) bond motifs is 2. The van der Waals surface area contributed by atoms with Crippen molar-refractivity contribution in [1.29, 1.82) is 0 Å². The van der Waals surface area contributed by atoms with Crippen LogP contribution in [-0.4, -0.2) is 27.0 Å². The van der Waals surface area contributed by atoms with Crippen LogP contribution >= 0.6 is 0 Å². The molecule has 8 heteroatoms. The van der Waals surface area contributed by atoms with Gasteiger partial charge in [0.05, 0.1) is 0 Å². The normalized spacial score (nSPS) is 20.8. The molecule has 1 atom stereocenters. The highest BCUT2D eigenvalue weighted by Gasteiger charge is 2.54. The number of aromatic nitrogens is 2. The number of imide groups is 1. The standard InChI is InChI=1S/C21H17FN4O3/c22-15-9-7-14(8-10-15)18-25-24-17(29-18)12-26-19(27)21(23-20(26)28)11-3-5-13-4-1-2-6-16(13)21/h1-2,4,6-10H,3,5,11-12H2,(H,23,28)/t21-/m1/s1. The number of nitrogens with one attached hydrogen (secondary N) is 1. The van der Waals surface area contributed by atoms with Crippen LogP contribution < -0.4 is 5.32 Å². The maximum absolute atomic E-state index is 13.3. The molecule has 3 amide bonds. The molecule has 1 aliphatic heterocycles. The molecule has 2 heterocycles. The second-order valence-electron chi connectivity index (χ2n) is 7.25. The lowest BCUT2D eigenvalue weighted by Gasteiger charge is -2.33. The smallest absolute Gasteiger partial charge is 0.325 e. The summed E-state index contributed by atoms with van der Waals surface area (Å²) in [5.74, 6) is -0.346. The summed E-state index contributed by atoms with van der Waals surface area (Å²) in [6.45, 7) is -0.122.